The molecule has 2 amide bonds. The van der Waals surface area contributed by atoms with Crippen LogP contribution in [0.3, 0.4) is 0 Å². The Morgan fingerprint density at radius 3 is 2.78 bits per heavy atom. The predicted octanol–water partition coefficient (Wildman–Crippen LogP) is 2.02. The van der Waals surface area contributed by atoms with Crippen LogP contribution in [0.2, 0.25) is 5.02 Å². The molecule has 1 aromatic heterocycles. The van der Waals surface area contributed by atoms with Gasteiger partial charge in [0.15, 0.2) is 0 Å². The Balaban J connectivity index is 1.46. The van der Waals surface area contributed by atoms with Crippen LogP contribution in [-0.4, -0.2) is 61.5 Å². The third-order valence-corrected chi connectivity index (χ3v) is 5.32. The van der Waals surface area contributed by atoms with Crippen molar-refractivity contribution < 1.29 is 14.3 Å². The Morgan fingerprint density at radius 2 is 2.07 bits per heavy atom. The topological polar surface area (TPSA) is 74.8 Å². The smallest absolute Gasteiger partial charge is 0.271 e. The molecule has 0 bridgehead atoms. The van der Waals surface area contributed by atoms with Crippen molar-refractivity contribution in [2.24, 2.45) is 0 Å². The molecule has 9 heteroatoms. The van der Waals surface area contributed by atoms with E-state index in [2.05, 4.69) is 15.2 Å². The molecule has 0 unspecified atom stereocenters. The largest absolute Gasteiger partial charge is 0.378 e. The summed E-state index contributed by atoms with van der Waals surface area (Å²) in [5, 5.41) is 5.74. The molecule has 1 fully saturated rings. The number of nitrogens with zero attached hydrogens (tertiary/aromatic N) is 3. The second-order valence-corrected chi connectivity index (χ2v) is 7.47. The number of rotatable bonds is 6. The first kappa shape index (κ1) is 19.6. The van der Waals surface area contributed by atoms with Crippen LogP contribution in [0.5, 0.6) is 0 Å². The van der Waals surface area contributed by atoms with Crippen LogP contribution in [-0.2, 0) is 16.1 Å². The third-order valence-electron chi connectivity index (χ3n) is 4.26. The molecule has 0 radical (unpaired) electrons. The van der Waals surface area contributed by atoms with Crippen LogP contribution in [0.25, 0.3) is 0 Å². The molecule has 7 nitrogen and oxygen atoms in total. The lowest BCUT2D eigenvalue weighted by molar-refractivity contribution is -0.130. The summed E-state index contributed by atoms with van der Waals surface area (Å²) in [7, 11) is 1.58. The fourth-order valence-electron chi connectivity index (χ4n) is 2.85. The van der Waals surface area contributed by atoms with Crippen LogP contribution in [0.4, 0.5) is 5.69 Å². The van der Waals surface area contributed by atoms with Gasteiger partial charge in [-0.25, -0.2) is 4.98 Å². The van der Waals surface area contributed by atoms with Crippen molar-refractivity contribution in [3.8, 4) is 0 Å². The highest BCUT2D eigenvalue weighted by Crippen LogP contribution is 2.20. The summed E-state index contributed by atoms with van der Waals surface area (Å²) in [5.74, 6) is -0.444. The molecule has 0 atom stereocenters. The average molecular weight is 409 g/mol. The fraction of sp³-hybridized carbons (Fsp3) is 0.389. The van der Waals surface area contributed by atoms with Crippen molar-refractivity contribution in [1.29, 1.82) is 0 Å². The van der Waals surface area contributed by atoms with E-state index in [1.54, 1.807) is 17.4 Å². The molecule has 1 aliphatic rings. The Kier molecular flexibility index (Phi) is 6.65. The van der Waals surface area contributed by atoms with Gasteiger partial charge >= 0.3 is 0 Å². The Labute approximate surface area is 166 Å². The molecule has 2 heterocycles. The lowest BCUT2D eigenvalue weighted by Gasteiger charge is -2.36. The van der Waals surface area contributed by atoms with Gasteiger partial charge in [0.1, 0.15) is 10.7 Å². The Bertz CT molecular complexity index is 805. The van der Waals surface area contributed by atoms with Gasteiger partial charge in [0.05, 0.1) is 13.2 Å². The number of amides is 2. The second-order valence-electron chi connectivity index (χ2n) is 6.09. The lowest BCUT2D eigenvalue weighted by Crippen LogP contribution is -2.51. The highest BCUT2D eigenvalue weighted by atomic mass is 35.5. The van der Waals surface area contributed by atoms with Crippen LogP contribution in [0.1, 0.15) is 15.5 Å². The maximum Gasteiger partial charge on any atom is 0.271 e. The number of halogens is 1. The quantitative estimate of drug-likeness (QED) is 0.791. The molecule has 1 saturated heterocycles. The molecule has 0 spiro atoms. The summed E-state index contributed by atoms with van der Waals surface area (Å²) in [6, 6.07) is 7.69. The molecular weight excluding hydrogens is 388 g/mol. The maximum atomic E-state index is 12.4. The van der Waals surface area contributed by atoms with E-state index in [4.69, 9.17) is 16.3 Å². The summed E-state index contributed by atoms with van der Waals surface area (Å²) in [6.45, 7) is 3.01. The van der Waals surface area contributed by atoms with E-state index in [1.807, 2.05) is 24.3 Å². The molecule has 0 aliphatic carbocycles. The monoisotopic (exact) mass is 408 g/mol. The number of piperazine rings is 1. The van der Waals surface area contributed by atoms with Crippen molar-refractivity contribution in [2.45, 2.75) is 6.61 Å². The van der Waals surface area contributed by atoms with Gasteiger partial charge in [-0.1, -0.05) is 17.7 Å². The van der Waals surface area contributed by atoms with Gasteiger partial charge in [-0.3, -0.25) is 9.59 Å². The highest BCUT2D eigenvalue weighted by Gasteiger charge is 2.22. The minimum absolute atomic E-state index is 0.0346. The molecule has 2 aromatic rings. The number of methoxy groups -OCH3 is 1. The number of hydrogen-bond donors (Lipinski definition) is 1. The minimum atomic E-state index is -0.348. The van der Waals surface area contributed by atoms with Crippen LogP contribution in [0.15, 0.2) is 29.6 Å². The number of anilines is 1. The zero-order valence-electron chi connectivity index (χ0n) is 15.0. The summed E-state index contributed by atoms with van der Waals surface area (Å²) in [4.78, 5) is 32.6. The minimum Gasteiger partial charge on any atom is -0.378 e. The van der Waals surface area contributed by atoms with Crippen molar-refractivity contribution in [3.05, 3.63) is 45.4 Å². The van der Waals surface area contributed by atoms with E-state index < -0.39 is 0 Å². The second kappa shape index (κ2) is 9.16. The van der Waals surface area contributed by atoms with Crippen molar-refractivity contribution >= 4 is 40.4 Å². The number of carbonyl (C=O) groups is 2. The van der Waals surface area contributed by atoms with E-state index >= 15 is 0 Å². The number of nitrogens with one attached hydrogen (secondary N) is 1. The van der Waals surface area contributed by atoms with Gasteiger partial charge in [-0.05, 0) is 18.2 Å². The van der Waals surface area contributed by atoms with Gasteiger partial charge in [0.2, 0.25) is 5.91 Å². The van der Waals surface area contributed by atoms with Crippen molar-refractivity contribution in [2.75, 3.05) is 44.7 Å². The maximum absolute atomic E-state index is 12.4. The van der Waals surface area contributed by atoms with Crippen molar-refractivity contribution in [1.82, 2.24) is 15.2 Å². The van der Waals surface area contributed by atoms with Crippen LogP contribution >= 0.6 is 22.9 Å². The number of thiazole rings is 1. The summed E-state index contributed by atoms with van der Waals surface area (Å²) < 4.78 is 4.99. The zero-order valence-corrected chi connectivity index (χ0v) is 16.6. The first-order chi connectivity index (χ1) is 13.1. The summed E-state index contributed by atoms with van der Waals surface area (Å²) in [6.07, 6.45) is 0. The Hall–Kier alpha value is -2.16. The van der Waals surface area contributed by atoms with E-state index in [0.29, 0.717) is 30.4 Å². The van der Waals surface area contributed by atoms with Gasteiger partial charge < -0.3 is 19.9 Å². The normalized spacial score (nSPS) is 14.3. The van der Waals surface area contributed by atoms with E-state index in [9.17, 15) is 9.59 Å². The van der Waals surface area contributed by atoms with Gasteiger partial charge in [-0.2, -0.15) is 0 Å². The van der Waals surface area contributed by atoms with Gasteiger partial charge in [0.25, 0.3) is 5.91 Å². The molecule has 144 valence electrons. The SMILES string of the molecule is COCc1nc(C(=O)NCC(=O)N2CCN(c3cccc(Cl)c3)CC2)cs1. The molecule has 0 saturated carbocycles. The average Bonchev–Trinajstić information content (AvgIpc) is 3.15. The number of aromatic nitrogens is 1. The highest BCUT2D eigenvalue weighted by molar-refractivity contribution is 7.09. The van der Waals surface area contributed by atoms with Gasteiger partial charge in [0, 0.05) is 49.4 Å². The number of hydrogen-bond acceptors (Lipinski definition) is 6. The number of carbonyl (C=O) groups excluding carboxylic acids is 2. The van der Waals surface area contributed by atoms with E-state index in [0.717, 1.165) is 23.8 Å². The van der Waals surface area contributed by atoms with E-state index in [-0.39, 0.29) is 18.4 Å². The first-order valence-electron chi connectivity index (χ1n) is 8.56. The van der Waals surface area contributed by atoms with Gasteiger partial charge in [-0.15, -0.1) is 11.3 Å². The Morgan fingerprint density at radius 1 is 1.30 bits per heavy atom. The zero-order chi connectivity index (χ0) is 19.2. The predicted molar refractivity (Wildman–Crippen MR) is 105 cm³/mol. The molecule has 1 aliphatic heterocycles. The first-order valence-corrected chi connectivity index (χ1v) is 9.82. The molecule has 3 rings (SSSR count). The van der Waals surface area contributed by atoms with E-state index in [1.165, 1.54) is 11.3 Å². The van der Waals surface area contributed by atoms with Crippen LogP contribution < -0.4 is 10.2 Å². The molecule has 1 aromatic carbocycles. The number of benzene rings is 1. The van der Waals surface area contributed by atoms with Crippen LogP contribution in [0, 0.1) is 0 Å². The molecular formula is C18H21ClN4O3S. The standard InChI is InChI=1S/C18H21ClN4O3S/c1-26-11-16-21-15(12-27-16)18(25)20-10-17(24)23-7-5-22(6-8-23)14-4-2-3-13(19)9-14/h2-4,9,12H,5-8,10-11H2,1H3,(H,20,25). The lowest BCUT2D eigenvalue weighted by atomic mass is 10.2. The molecule has 1 N–H and O–H groups in total. The molecule has 27 heavy (non-hydrogen) atoms. The van der Waals surface area contributed by atoms with Crippen molar-refractivity contribution in [3.63, 3.8) is 0 Å². The third kappa shape index (κ3) is 5.18. The fourth-order valence-corrected chi connectivity index (χ4v) is 3.78. The summed E-state index contributed by atoms with van der Waals surface area (Å²) >= 11 is 7.40. The summed E-state index contributed by atoms with van der Waals surface area (Å²) in [5.41, 5.74) is 1.36. The number of ether oxygens (including phenoxy) is 1.